The number of halogens is 1. The Morgan fingerprint density at radius 1 is 0.410 bits per heavy atom. The average Bonchev–Trinajstić information content (AvgIpc) is 2.87. The molecule has 0 aromatic heterocycles. The summed E-state index contributed by atoms with van der Waals surface area (Å²) < 4.78 is 41.9. The zero-order valence-electron chi connectivity index (χ0n) is 27.3. The zero-order valence-corrected chi connectivity index (χ0v) is 29.8. The Hall–Kier alpha value is 0.780. The molecule has 0 bridgehead atoms. The van der Waals surface area contributed by atoms with Gasteiger partial charge in [-0.25, -0.2) is 12.5 Å². The standard InChI is InChI=1S/C32H70FO3PS2/c1-7-13-15-17-19-21-23-25-31-38(27-9-3,28-10-4)35-37(33,34)36-39(29-11-5,30-12-6)32-26-24-22-20-18-16-14-8-2/h7-32H2,1-6H3. The first-order valence-corrected chi connectivity index (χ1v) is 22.6. The van der Waals surface area contributed by atoms with Crippen molar-refractivity contribution < 1.29 is 16.7 Å². The van der Waals surface area contributed by atoms with Crippen LogP contribution in [0.4, 0.5) is 4.20 Å². The first kappa shape index (κ1) is 39.8. The lowest BCUT2D eigenvalue weighted by Gasteiger charge is -2.43. The van der Waals surface area contributed by atoms with Gasteiger partial charge in [0.05, 0.1) is 0 Å². The Balaban J connectivity index is 5.21. The first-order chi connectivity index (χ1) is 18.8. The molecule has 0 fully saturated rings. The predicted molar refractivity (Wildman–Crippen MR) is 182 cm³/mol. The minimum absolute atomic E-state index is 0.830. The molecule has 240 valence electrons. The van der Waals surface area contributed by atoms with E-state index in [1.54, 1.807) is 0 Å². The van der Waals surface area contributed by atoms with Crippen LogP contribution in [0, 0.1) is 0 Å². The summed E-state index contributed by atoms with van der Waals surface area (Å²) in [5.41, 5.74) is 0. The van der Waals surface area contributed by atoms with Crippen molar-refractivity contribution in [3.8, 4) is 0 Å². The highest BCUT2D eigenvalue weighted by Gasteiger charge is 2.41. The topological polar surface area (TPSA) is 35.5 Å². The molecule has 7 heteroatoms. The fraction of sp³-hybridized carbons (Fsp3) is 1.00. The lowest BCUT2D eigenvalue weighted by atomic mass is 10.1. The normalized spacial score (nSPS) is 13.7. The maximum Gasteiger partial charge on any atom is 0.532 e. The molecule has 0 atom stereocenters. The highest BCUT2D eigenvalue weighted by Crippen LogP contribution is 2.73. The molecule has 0 aromatic rings. The van der Waals surface area contributed by atoms with Gasteiger partial charge in [-0.1, -0.05) is 131 Å². The summed E-state index contributed by atoms with van der Waals surface area (Å²) in [6.07, 6.45) is 23.7. The second kappa shape index (κ2) is 25.3. The fourth-order valence-electron chi connectivity index (χ4n) is 5.71. The number of hydrogen-bond acceptors (Lipinski definition) is 3. The molecular weight excluding hydrogens is 546 g/mol. The van der Waals surface area contributed by atoms with Gasteiger partial charge in [0, 0.05) is 0 Å². The molecular formula is C32H70FO3PS2. The van der Waals surface area contributed by atoms with Gasteiger partial charge in [0.2, 0.25) is 0 Å². The van der Waals surface area contributed by atoms with E-state index in [1.807, 2.05) is 0 Å². The van der Waals surface area contributed by atoms with Crippen LogP contribution in [0.5, 0.6) is 0 Å². The maximum atomic E-state index is 16.0. The van der Waals surface area contributed by atoms with Crippen LogP contribution in [-0.2, 0) is 12.5 Å². The SMILES string of the molecule is CCCCCCCCCCS(CCC)(CCC)OP(=O)(F)OS(CCC)(CCC)CCCCCCCCCC. The second-order valence-corrected chi connectivity index (χ2v) is 20.1. The van der Waals surface area contributed by atoms with E-state index in [1.165, 1.54) is 77.0 Å². The van der Waals surface area contributed by atoms with Gasteiger partial charge < -0.3 is 0 Å². The van der Waals surface area contributed by atoms with E-state index in [4.69, 9.17) is 7.94 Å². The van der Waals surface area contributed by atoms with Gasteiger partial charge in [0.25, 0.3) is 0 Å². The molecule has 39 heavy (non-hydrogen) atoms. The van der Waals surface area contributed by atoms with Gasteiger partial charge in [0.1, 0.15) is 0 Å². The largest absolute Gasteiger partial charge is 0.532 e. The summed E-state index contributed by atoms with van der Waals surface area (Å²) in [4.78, 5) is 0. The van der Waals surface area contributed by atoms with Crippen LogP contribution in [0.1, 0.15) is 170 Å². The van der Waals surface area contributed by atoms with Gasteiger partial charge in [-0.05, 0) is 73.0 Å². The molecule has 0 aliphatic heterocycles. The molecule has 0 heterocycles. The minimum atomic E-state index is -4.63. The quantitative estimate of drug-likeness (QED) is 0.0595. The van der Waals surface area contributed by atoms with Crippen LogP contribution in [0.15, 0.2) is 0 Å². The average molecular weight is 617 g/mol. The molecule has 3 nitrogen and oxygen atoms in total. The molecule has 0 aromatic carbocycles. The minimum Gasteiger partial charge on any atom is -0.233 e. The van der Waals surface area contributed by atoms with E-state index in [0.29, 0.717) is 0 Å². The molecule has 0 unspecified atom stereocenters. The van der Waals surface area contributed by atoms with Crippen molar-refractivity contribution in [2.24, 2.45) is 0 Å². The summed E-state index contributed by atoms with van der Waals surface area (Å²) in [6.45, 7) is 13.1. The Kier molecular flexibility index (Phi) is 25.8. The van der Waals surface area contributed by atoms with Crippen LogP contribution >= 0.6 is 28.5 Å². The van der Waals surface area contributed by atoms with E-state index in [0.717, 1.165) is 85.9 Å². The second-order valence-electron chi connectivity index (χ2n) is 11.7. The van der Waals surface area contributed by atoms with Gasteiger partial charge in [-0.15, -0.1) is 24.8 Å². The van der Waals surface area contributed by atoms with Crippen molar-refractivity contribution in [3.63, 3.8) is 0 Å². The van der Waals surface area contributed by atoms with E-state index >= 15 is 4.20 Å². The van der Waals surface area contributed by atoms with Crippen molar-refractivity contribution in [2.45, 2.75) is 170 Å². The molecule has 0 spiro atoms. The number of unbranched alkanes of at least 4 members (excludes halogenated alkanes) is 14. The third-order valence-electron chi connectivity index (χ3n) is 7.54. The molecule has 0 rings (SSSR count). The zero-order chi connectivity index (χ0) is 29.3. The van der Waals surface area contributed by atoms with Crippen LogP contribution in [0.2, 0.25) is 0 Å². The highest BCUT2D eigenvalue weighted by molar-refractivity contribution is 8.33. The smallest absolute Gasteiger partial charge is 0.233 e. The van der Waals surface area contributed by atoms with Gasteiger partial charge in [-0.3, -0.25) is 0 Å². The first-order valence-electron chi connectivity index (χ1n) is 17.0. The van der Waals surface area contributed by atoms with Crippen LogP contribution in [0.3, 0.4) is 0 Å². The van der Waals surface area contributed by atoms with E-state index in [-0.39, 0.29) is 0 Å². The van der Waals surface area contributed by atoms with Crippen molar-refractivity contribution in [2.75, 3.05) is 34.5 Å². The third kappa shape index (κ3) is 20.3. The van der Waals surface area contributed by atoms with E-state index in [2.05, 4.69) is 41.5 Å². The Bertz CT molecular complexity index is 536. The Morgan fingerprint density at radius 3 is 0.923 bits per heavy atom. The van der Waals surface area contributed by atoms with Crippen LogP contribution < -0.4 is 0 Å². The van der Waals surface area contributed by atoms with Gasteiger partial charge >= 0.3 is 7.91 Å². The lowest BCUT2D eigenvalue weighted by Crippen LogP contribution is -2.19. The molecule has 0 saturated carbocycles. The number of rotatable bonds is 30. The van der Waals surface area contributed by atoms with E-state index in [9.17, 15) is 4.57 Å². The maximum absolute atomic E-state index is 16.0. The molecule has 0 saturated heterocycles. The monoisotopic (exact) mass is 616 g/mol. The predicted octanol–water partition coefficient (Wildman–Crippen LogP) is 13.5. The van der Waals surface area contributed by atoms with Crippen molar-refractivity contribution >= 4 is 28.5 Å². The summed E-state index contributed by atoms with van der Waals surface area (Å²) in [6, 6.07) is 0. The number of hydrogen-bond donors (Lipinski definition) is 0. The van der Waals surface area contributed by atoms with Crippen molar-refractivity contribution in [3.05, 3.63) is 0 Å². The van der Waals surface area contributed by atoms with Gasteiger partial charge in [0.15, 0.2) is 0 Å². The van der Waals surface area contributed by atoms with Crippen LogP contribution in [-0.4, -0.2) is 34.5 Å². The van der Waals surface area contributed by atoms with Gasteiger partial charge in [-0.2, -0.15) is 0 Å². The van der Waals surface area contributed by atoms with Crippen LogP contribution in [0.25, 0.3) is 0 Å². The molecule has 0 N–H and O–H groups in total. The Labute approximate surface area is 249 Å². The summed E-state index contributed by atoms with van der Waals surface area (Å²) in [5.74, 6) is 5.05. The fourth-order valence-corrected chi connectivity index (χ4v) is 16.5. The summed E-state index contributed by atoms with van der Waals surface area (Å²) >= 11 is 0. The summed E-state index contributed by atoms with van der Waals surface area (Å²) in [7, 11) is -8.12. The lowest BCUT2D eigenvalue weighted by molar-refractivity contribution is 0.364. The molecule has 0 amide bonds. The van der Waals surface area contributed by atoms with E-state index < -0.39 is 28.5 Å². The summed E-state index contributed by atoms with van der Waals surface area (Å²) in [5, 5.41) is 0. The Morgan fingerprint density at radius 2 is 0.667 bits per heavy atom. The molecule has 0 aliphatic rings. The molecule has 0 aliphatic carbocycles. The van der Waals surface area contributed by atoms with Crippen molar-refractivity contribution in [1.82, 2.24) is 0 Å². The van der Waals surface area contributed by atoms with Crippen molar-refractivity contribution in [1.29, 1.82) is 0 Å². The third-order valence-corrected chi connectivity index (χ3v) is 18.2. The molecule has 0 radical (unpaired) electrons. The highest BCUT2D eigenvalue weighted by atomic mass is 32.3.